The minimum Gasteiger partial charge on any atom is -0.494 e. The largest absolute Gasteiger partial charge is 0.494 e. The fourth-order valence-electron chi connectivity index (χ4n) is 5.00. The van der Waals surface area contributed by atoms with Crippen molar-refractivity contribution >= 4 is 28.4 Å². The third-order valence-electron chi connectivity index (χ3n) is 6.88. The number of benzene rings is 2. The van der Waals surface area contributed by atoms with Crippen LogP contribution in [0.1, 0.15) is 49.7 Å². The zero-order valence-corrected chi connectivity index (χ0v) is 19.1. The minimum absolute atomic E-state index is 0.145. The number of nitrogens with one attached hydrogen (secondary N) is 1. The van der Waals surface area contributed by atoms with Gasteiger partial charge in [-0.15, -0.1) is 0 Å². The van der Waals surface area contributed by atoms with Crippen LogP contribution < -0.4 is 10.5 Å². The second kappa shape index (κ2) is 9.79. The second-order valence-corrected chi connectivity index (χ2v) is 9.26. The van der Waals surface area contributed by atoms with Gasteiger partial charge in [0.25, 0.3) is 5.56 Å². The molecule has 0 atom stereocenters. The Bertz CT molecular complexity index is 1190. The van der Waals surface area contributed by atoms with Crippen molar-refractivity contribution in [2.45, 2.75) is 45.1 Å². The topological polar surface area (TPSA) is 71.9 Å². The van der Waals surface area contributed by atoms with Crippen molar-refractivity contribution in [3.63, 3.8) is 0 Å². The Morgan fingerprint density at radius 1 is 0.879 bits per heavy atom. The van der Waals surface area contributed by atoms with Crippen molar-refractivity contribution in [3.05, 3.63) is 63.9 Å². The molecule has 3 heterocycles. The molecule has 2 aromatic carbocycles. The molecule has 33 heavy (non-hydrogen) atoms. The summed E-state index contributed by atoms with van der Waals surface area (Å²) >= 11 is 0. The Hall–Kier alpha value is -3.12. The number of nitrogens with zero attached hydrogens (tertiary/aromatic N) is 3. The third kappa shape index (κ3) is 4.96. The first-order chi connectivity index (χ1) is 16.2. The number of aromatic amines is 1. The number of aromatic nitrogens is 1. The Morgan fingerprint density at radius 2 is 1.58 bits per heavy atom. The number of hydrogen-bond acceptors (Lipinski definition) is 5. The zero-order valence-electron chi connectivity index (χ0n) is 19.1. The van der Waals surface area contributed by atoms with E-state index in [9.17, 15) is 9.90 Å². The Balaban J connectivity index is 1.40. The molecule has 6 heteroatoms. The summed E-state index contributed by atoms with van der Waals surface area (Å²) in [6.45, 7) is 5.38. The van der Waals surface area contributed by atoms with E-state index in [1.807, 2.05) is 30.3 Å². The number of piperidine rings is 2. The van der Waals surface area contributed by atoms with E-state index in [1.165, 1.54) is 57.2 Å². The normalized spacial score (nSPS) is 17.8. The van der Waals surface area contributed by atoms with Crippen molar-refractivity contribution in [3.8, 4) is 5.88 Å². The van der Waals surface area contributed by atoms with Crippen LogP contribution in [0.2, 0.25) is 0 Å². The SMILES string of the molecule is O=c1[nH]c(O)c(C=Nc2ccc(CN3CCCCC3)cc2)c2cc(N3CCCCC3)ccc12. The lowest BCUT2D eigenvalue weighted by Gasteiger charge is -2.29. The summed E-state index contributed by atoms with van der Waals surface area (Å²) < 4.78 is 0. The molecule has 6 nitrogen and oxygen atoms in total. The molecule has 3 aromatic rings. The second-order valence-electron chi connectivity index (χ2n) is 9.26. The number of likely N-dealkylation sites (tertiary alicyclic amines) is 1. The Labute approximate surface area is 194 Å². The molecule has 2 aliphatic rings. The van der Waals surface area contributed by atoms with Gasteiger partial charge in [-0.2, -0.15) is 0 Å². The van der Waals surface area contributed by atoms with E-state index < -0.39 is 0 Å². The summed E-state index contributed by atoms with van der Waals surface area (Å²) in [4.78, 5) is 24.5. The average molecular weight is 445 g/mol. The maximum atomic E-state index is 12.4. The lowest BCUT2D eigenvalue weighted by molar-refractivity contribution is 0.221. The molecule has 0 spiro atoms. The summed E-state index contributed by atoms with van der Waals surface area (Å²) in [5, 5.41) is 11.8. The third-order valence-corrected chi connectivity index (χ3v) is 6.88. The van der Waals surface area contributed by atoms with Crippen LogP contribution in [-0.2, 0) is 6.54 Å². The van der Waals surface area contributed by atoms with Gasteiger partial charge in [0.15, 0.2) is 0 Å². The molecule has 5 rings (SSSR count). The number of aromatic hydroxyl groups is 1. The number of fused-ring (bicyclic) bond motifs is 1. The summed E-state index contributed by atoms with van der Waals surface area (Å²) in [5.74, 6) is -0.145. The van der Waals surface area contributed by atoms with Gasteiger partial charge in [0.1, 0.15) is 0 Å². The van der Waals surface area contributed by atoms with Gasteiger partial charge < -0.3 is 10.0 Å². The molecule has 172 valence electrons. The predicted octanol–water partition coefficient (Wildman–Crippen LogP) is 4.96. The highest BCUT2D eigenvalue weighted by molar-refractivity contribution is 6.03. The number of aliphatic imine (C=N–C) groups is 1. The molecule has 0 aliphatic carbocycles. The van der Waals surface area contributed by atoms with E-state index in [2.05, 4.69) is 31.9 Å². The van der Waals surface area contributed by atoms with Crippen molar-refractivity contribution in [1.29, 1.82) is 0 Å². The van der Waals surface area contributed by atoms with Crippen molar-refractivity contribution in [2.75, 3.05) is 31.1 Å². The van der Waals surface area contributed by atoms with Gasteiger partial charge in [0.2, 0.25) is 5.88 Å². The van der Waals surface area contributed by atoms with Gasteiger partial charge in [-0.25, -0.2) is 0 Å². The quantitative estimate of drug-likeness (QED) is 0.546. The van der Waals surface area contributed by atoms with Crippen LogP contribution in [0.4, 0.5) is 11.4 Å². The van der Waals surface area contributed by atoms with E-state index in [0.29, 0.717) is 10.9 Å². The van der Waals surface area contributed by atoms with Crippen LogP contribution in [0.3, 0.4) is 0 Å². The summed E-state index contributed by atoms with van der Waals surface area (Å²) in [6, 6.07) is 14.1. The highest BCUT2D eigenvalue weighted by Gasteiger charge is 2.15. The smallest absolute Gasteiger partial charge is 0.258 e. The van der Waals surface area contributed by atoms with Crippen LogP contribution in [0, 0.1) is 0 Å². The van der Waals surface area contributed by atoms with Crippen LogP contribution in [0.25, 0.3) is 10.8 Å². The maximum Gasteiger partial charge on any atom is 0.258 e. The minimum atomic E-state index is -0.285. The van der Waals surface area contributed by atoms with Crippen LogP contribution >= 0.6 is 0 Å². The summed E-state index contributed by atoms with van der Waals surface area (Å²) in [7, 11) is 0. The number of H-pyrrole nitrogens is 1. The highest BCUT2D eigenvalue weighted by Crippen LogP contribution is 2.28. The van der Waals surface area contributed by atoms with Crippen LogP contribution in [-0.4, -0.2) is 47.4 Å². The van der Waals surface area contributed by atoms with Crippen molar-refractivity contribution in [2.24, 2.45) is 4.99 Å². The number of hydrogen-bond donors (Lipinski definition) is 2. The fourth-order valence-corrected chi connectivity index (χ4v) is 5.00. The molecule has 0 amide bonds. The summed E-state index contributed by atoms with van der Waals surface area (Å²) in [6.07, 6.45) is 9.21. The van der Waals surface area contributed by atoms with Gasteiger partial charge in [0, 0.05) is 42.3 Å². The molecule has 2 saturated heterocycles. The first-order valence-corrected chi connectivity index (χ1v) is 12.2. The molecule has 0 unspecified atom stereocenters. The highest BCUT2D eigenvalue weighted by atomic mass is 16.3. The molecule has 0 saturated carbocycles. The molecule has 0 radical (unpaired) electrons. The van der Waals surface area contributed by atoms with Crippen molar-refractivity contribution in [1.82, 2.24) is 9.88 Å². The maximum absolute atomic E-state index is 12.4. The van der Waals surface area contributed by atoms with E-state index in [1.54, 1.807) is 6.21 Å². The standard InChI is InChI=1S/C27H32N4O2/c32-26-23-12-11-22(31-15-5-2-6-16-31)17-24(23)25(27(33)29-26)18-28-21-9-7-20(8-10-21)19-30-13-3-1-4-14-30/h7-12,17-18H,1-6,13-16,19H2,(H2,29,32,33). The lowest BCUT2D eigenvalue weighted by atomic mass is 10.0. The van der Waals surface area contributed by atoms with Gasteiger partial charge >= 0.3 is 0 Å². The zero-order chi connectivity index (χ0) is 22.6. The Morgan fingerprint density at radius 3 is 2.30 bits per heavy atom. The molecule has 2 aliphatic heterocycles. The van der Waals surface area contributed by atoms with Gasteiger partial charge in [-0.05, 0) is 81.1 Å². The monoisotopic (exact) mass is 444 g/mol. The first-order valence-electron chi connectivity index (χ1n) is 12.2. The molecule has 2 fully saturated rings. The van der Waals surface area contributed by atoms with E-state index in [-0.39, 0.29) is 11.4 Å². The Kier molecular flexibility index (Phi) is 6.44. The van der Waals surface area contributed by atoms with Crippen LogP contribution in [0.5, 0.6) is 5.88 Å². The fraction of sp³-hybridized carbons (Fsp3) is 0.407. The van der Waals surface area contributed by atoms with Gasteiger partial charge in [0.05, 0.1) is 11.3 Å². The first kappa shape index (κ1) is 21.7. The molecule has 2 N–H and O–H groups in total. The molecular weight excluding hydrogens is 412 g/mol. The number of anilines is 1. The van der Waals surface area contributed by atoms with Gasteiger partial charge in [-0.3, -0.25) is 19.7 Å². The van der Waals surface area contributed by atoms with Crippen LogP contribution in [0.15, 0.2) is 52.3 Å². The predicted molar refractivity (Wildman–Crippen MR) is 135 cm³/mol. The summed E-state index contributed by atoms with van der Waals surface area (Å²) in [5.41, 5.74) is 3.46. The van der Waals surface area contributed by atoms with Crippen molar-refractivity contribution < 1.29 is 5.11 Å². The number of pyridine rings is 1. The molecular formula is C27H32N4O2. The van der Waals surface area contributed by atoms with E-state index >= 15 is 0 Å². The van der Waals surface area contributed by atoms with E-state index in [4.69, 9.17) is 0 Å². The average Bonchev–Trinajstić information content (AvgIpc) is 2.86. The van der Waals surface area contributed by atoms with Gasteiger partial charge in [-0.1, -0.05) is 18.6 Å². The lowest BCUT2D eigenvalue weighted by Crippen LogP contribution is -2.29. The number of rotatable bonds is 5. The van der Waals surface area contributed by atoms with E-state index in [0.717, 1.165) is 36.4 Å². The molecule has 1 aromatic heterocycles. The molecule has 0 bridgehead atoms.